The van der Waals surface area contributed by atoms with Gasteiger partial charge in [-0.1, -0.05) is 68.8 Å². The third-order valence-corrected chi connectivity index (χ3v) is 8.21. The van der Waals surface area contributed by atoms with Crippen LogP contribution in [-0.4, -0.2) is 46.8 Å². The highest BCUT2D eigenvalue weighted by Crippen LogP contribution is 2.28. The summed E-state index contributed by atoms with van der Waals surface area (Å²) in [5.74, 6) is 1.99. The lowest BCUT2D eigenvalue weighted by Gasteiger charge is -2.32. The smallest absolute Gasteiger partial charge is 0.324 e. The zero-order chi connectivity index (χ0) is 31.3. The molecule has 0 spiro atoms. The van der Waals surface area contributed by atoms with Gasteiger partial charge in [0.1, 0.15) is 11.6 Å². The SMILES string of the molecule is COc1ccccc1CC(=O)N1CCC(Cc2cccc(NC(=O)Nc3cc(C(C)(C)C)nn3-c3ccc(C)cc3)c2)CC1. The molecule has 1 saturated heterocycles. The molecule has 3 amide bonds. The largest absolute Gasteiger partial charge is 0.496 e. The second kappa shape index (κ2) is 13.4. The first kappa shape index (κ1) is 30.9. The van der Waals surface area contributed by atoms with Crippen LogP contribution in [0.15, 0.2) is 78.9 Å². The number of rotatable bonds is 8. The Kier molecular flexibility index (Phi) is 9.37. The van der Waals surface area contributed by atoms with E-state index in [4.69, 9.17) is 9.84 Å². The summed E-state index contributed by atoms with van der Waals surface area (Å²) in [6.45, 7) is 9.87. The summed E-state index contributed by atoms with van der Waals surface area (Å²) >= 11 is 0. The van der Waals surface area contributed by atoms with E-state index in [-0.39, 0.29) is 17.4 Å². The van der Waals surface area contributed by atoms with Gasteiger partial charge in [-0.05, 0) is 68.0 Å². The standard InChI is InChI=1S/C36H43N5O3/c1-25-13-15-30(16-14-25)41-33(24-32(39-41)36(2,3)4)38-35(43)37-29-11-8-9-27(22-29)21-26-17-19-40(20-18-26)34(42)23-28-10-6-7-12-31(28)44-5/h6-16,22,24,26H,17-21,23H2,1-5H3,(H2,37,38,43). The van der Waals surface area contributed by atoms with Gasteiger partial charge in [-0.3, -0.25) is 10.1 Å². The van der Waals surface area contributed by atoms with Crippen LogP contribution < -0.4 is 15.4 Å². The first-order valence-corrected chi connectivity index (χ1v) is 15.3. The number of methoxy groups -OCH3 is 1. The number of amides is 3. The van der Waals surface area contributed by atoms with Gasteiger partial charge in [0.05, 0.1) is 24.9 Å². The maximum Gasteiger partial charge on any atom is 0.324 e. The molecule has 0 radical (unpaired) electrons. The van der Waals surface area contributed by atoms with Crippen LogP contribution in [0, 0.1) is 12.8 Å². The Morgan fingerprint density at radius 2 is 1.66 bits per heavy atom. The Morgan fingerprint density at radius 3 is 2.36 bits per heavy atom. The number of piperidine rings is 1. The highest BCUT2D eigenvalue weighted by Gasteiger charge is 2.24. The van der Waals surface area contributed by atoms with E-state index in [1.807, 2.05) is 84.6 Å². The first-order chi connectivity index (χ1) is 21.1. The van der Waals surface area contributed by atoms with Gasteiger partial charge in [-0.25, -0.2) is 9.48 Å². The summed E-state index contributed by atoms with van der Waals surface area (Å²) in [6.07, 6.45) is 3.17. The van der Waals surface area contributed by atoms with Gasteiger partial charge in [0.15, 0.2) is 0 Å². The third-order valence-electron chi connectivity index (χ3n) is 8.21. The number of benzene rings is 3. The Balaban J connectivity index is 1.17. The molecule has 0 unspecified atom stereocenters. The zero-order valence-electron chi connectivity index (χ0n) is 26.4. The second-order valence-corrected chi connectivity index (χ2v) is 12.7. The third kappa shape index (κ3) is 7.67. The number of urea groups is 1. The minimum atomic E-state index is -0.322. The minimum Gasteiger partial charge on any atom is -0.496 e. The molecule has 0 bridgehead atoms. The summed E-state index contributed by atoms with van der Waals surface area (Å²) in [6, 6.07) is 25.4. The van der Waals surface area contributed by atoms with Crippen molar-refractivity contribution in [2.75, 3.05) is 30.8 Å². The van der Waals surface area contributed by atoms with Crippen molar-refractivity contribution in [3.05, 3.63) is 101 Å². The fourth-order valence-corrected chi connectivity index (χ4v) is 5.62. The molecular formula is C36H43N5O3. The molecular weight excluding hydrogens is 550 g/mol. The van der Waals surface area contributed by atoms with Crippen LogP contribution >= 0.6 is 0 Å². The average molecular weight is 594 g/mol. The summed E-state index contributed by atoms with van der Waals surface area (Å²) in [7, 11) is 1.64. The molecule has 2 N–H and O–H groups in total. The van der Waals surface area contributed by atoms with E-state index in [0.29, 0.717) is 18.2 Å². The fraction of sp³-hybridized carbons (Fsp3) is 0.361. The molecule has 4 aromatic rings. The molecule has 0 saturated carbocycles. The molecule has 8 heteroatoms. The number of ether oxygens (including phenoxy) is 1. The van der Waals surface area contributed by atoms with Gasteiger partial charge < -0.3 is 15.0 Å². The number of aromatic nitrogens is 2. The molecule has 5 rings (SSSR count). The first-order valence-electron chi connectivity index (χ1n) is 15.3. The van der Waals surface area contributed by atoms with Crippen molar-refractivity contribution in [1.29, 1.82) is 0 Å². The Morgan fingerprint density at radius 1 is 0.932 bits per heavy atom. The van der Waals surface area contributed by atoms with E-state index >= 15 is 0 Å². The molecule has 0 atom stereocenters. The number of carbonyl (C=O) groups excluding carboxylic acids is 2. The molecule has 44 heavy (non-hydrogen) atoms. The quantitative estimate of drug-likeness (QED) is 0.227. The Bertz CT molecular complexity index is 1590. The highest BCUT2D eigenvalue weighted by atomic mass is 16.5. The predicted octanol–water partition coefficient (Wildman–Crippen LogP) is 7.15. The number of hydrogen-bond acceptors (Lipinski definition) is 4. The number of nitrogens with zero attached hydrogens (tertiary/aromatic N) is 3. The van der Waals surface area contributed by atoms with Crippen molar-refractivity contribution in [3.63, 3.8) is 0 Å². The van der Waals surface area contributed by atoms with Gasteiger partial charge in [0.2, 0.25) is 5.91 Å². The topological polar surface area (TPSA) is 88.5 Å². The molecule has 1 aliphatic heterocycles. The molecule has 230 valence electrons. The molecule has 1 aromatic heterocycles. The van der Waals surface area contributed by atoms with E-state index in [9.17, 15) is 9.59 Å². The van der Waals surface area contributed by atoms with E-state index in [1.54, 1.807) is 11.8 Å². The number of nitrogens with one attached hydrogen (secondary N) is 2. The maximum atomic E-state index is 13.1. The monoisotopic (exact) mass is 593 g/mol. The molecule has 1 aliphatic rings. The van der Waals surface area contributed by atoms with Crippen LogP contribution in [0.3, 0.4) is 0 Å². The van der Waals surface area contributed by atoms with Crippen molar-refractivity contribution in [1.82, 2.24) is 14.7 Å². The van der Waals surface area contributed by atoms with E-state index in [2.05, 4.69) is 37.5 Å². The van der Waals surface area contributed by atoms with Gasteiger partial charge in [0.25, 0.3) is 0 Å². The van der Waals surface area contributed by atoms with E-state index < -0.39 is 0 Å². The van der Waals surface area contributed by atoms with Gasteiger partial charge in [0, 0.05) is 35.8 Å². The highest BCUT2D eigenvalue weighted by molar-refractivity contribution is 5.99. The number of anilines is 2. The van der Waals surface area contributed by atoms with Gasteiger partial charge in [-0.2, -0.15) is 5.10 Å². The van der Waals surface area contributed by atoms with Crippen LogP contribution in [0.1, 0.15) is 56.0 Å². The lowest BCUT2D eigenvalue weighted by atomic mass is 9.90. The minimum absolute atomic E-state index is 0.142. The number of likely N-dealkylation sites (tertiary alicyclic amines) is 1. The van der Waals surface area contributed by atoms with E-state index in [0.717, 1.165) is 66.3 Å². The van der Waals surface area contributed by atoms with Gasteiger partial charge in [-0.15, -0.1) is 0 Å². The predicted molar refractivity (Wildman–Crippen MR) is 176 cm³/mol. The van der Waals surface area contributed by atoms with Crippen LogP contribution in [0.5, 0.6) is 5.75 Å². The summed E-state index contributed by atoms with van der Waals surface area (Å²) in [5.41, 5.74) is 5.59. The van der Waals surface area contributed by atoms with Crippen LogP contribution in [0.2, 0.25) is 0 Å². The number of para-hydroxylation sites is 1. The molecule has 0 aliphatic carbocycles. The lowest BCUT2D eigenvalue weighted by molar-refractivity contribution is -0.131. The summed E-state index contributed by atoms with van der Waals surface area (Å²) in [5, 5.41) is 10.8. The number of carbonyl (C=O) groups is 2. The summed E-state index contributed by atoms with van der Waals surface area (Å²) in [4.78, 5) is 28.1. The van der Waals surface area contributed by atoms with E-state index in [1.165, 1.54) is 5.56 Å². The number of hydrogen-bond donors (Lipinski definition) is 2. The van der Waals surface area contributed by atoms with Crippen molar-refractivity contribution < 1.29 is 14.3 Å². The summed E-state index contributed by atoms with van der Waals surface area (Å²) < 4.78 is 7.20. The van der Waals surface area contributed by atoms with Crippen LogP contribution in [0.25, 0.3) is 5.69 Å². The van der Waals surface area contributed by atoms with Crippen molar-refractivity contribution in [3.8, 4) is 11.4 Å². The Hall–Kier alpha value is -4.59. The maximum absolute atomic E-state index is 13.1. The van der Waals surface area contributed by atoms with Crippen molar-refractivity contribution in [2.24, 2.45) is 5.92 Å². The van der Waals surface area contributed by atoms with Crippen molar-refractivity contribution in [2.45, 2.75) is 58.8 Å². The van der Waals surface area contributed by atoms with Crippen molar-refractivity contribution >= 4 is 23.4 Å². The van der Waals surface area contributed by atoms with Crippen LogP contribution in [0.4, 0.5) is 16.3 Å². The molecule has 1 fully saturated rings. The second-order valence-electron chi connectivity index (χ2n) is 12.7. The molecule has 8 nitrogen and oxygen atoms in total. The van der Waals surface area contributed by atoms with Gasteiger partial charge >= 0.3 is 6.03 Å². The zero-order valence-corrected chi connectivity index (χ0v) is 26.4. The van der Waals surface area contributed by atoms with Crippen LogP contribution in [-0.2, 0) is 23.1 Å². The normalized spacial score (nSPS) is 13.9. The number of aryl methyl sites for hydroxylation is 1. The fourth-order valence-electron chi connectivity index (χ4n) is 5.62. The molecule has 2 heterocycles. The molecule has 3 aromatic carbocycles. The Labute approximate surface area is 260 Å². The lowest BCUT2D eigenvalue weighted by Crippen LogP contribution is -2.39. The average Bonchev–Trinajstić information content (AvgIpc) is 3.42.